The SMILES string of the molecule is C=CC[C@H](NC(=O)Cc1cccs1)B(O)OC(C)CC(=O)O. The number of carbonyl (C=O) groups excluding carboxylic acids is 1. The third kappa shape index (κ3) is 6.88. The molecule has 1 rings (SSSR count). The minimum Gasteiger partial charge on any atom is -0.481 e. The van der Waals surface area contributed by atoms with Crippen LogP contribution >= 0.6 is 11.3 Å². The van der Waals surface area contributed by atoms with E-state index in [2.05, 4.69) is 11.9 Å². The van der Waals surface area contributed by atoms with E-state index in [-0.39, 0.29) is 18.7 Å². The zero-order valence-electron chi connectivity index (χ0n) is 12.4. The first-order valence-corrected chi connectivity index (χ1v) is 7.78. The Morgan fingerprint density at radius 3 is 2.86 bits per heavy atom. The van der Waals surface area contributed by atoms with Crippen LogP contribution in [0.4, 0.5) is 0 Å². The van der Waals surface area contributed by atoms with Crippen molar-refractivity contribution in [3.05, 3.63) is 35.0 Å². The van der Waals surface area contributed by atoms with E-state index in [4.69, 9.17) is 9.76 Å². The lowest BCUT2D eigenvalue weighted by molar-refractivity contribution is -0.138. The summed E-state index contributed by atoms with van der Waals surface area (Å²) in [5.41, 5.74) is 0. The van der Waals surface area contributed by atoms with E-state index in [1.165, 1.54) is 11.3 Å². The molecule has 8 heteroatoms. The number of carboxylic acid groups (broad SMARTS) is 1. The molecular weight excluding hydrogens is 305 g/mol. The average molecular weight is 325 g/mol. The third-order valence-corrected chi connectivity index (χ3v) is 3.74. The number of aliphatic carboxylic acids is 1. The van der Waals surface area contributed by atoms with Crippen molar-refractivity contribution >= 4 is 30.3 Å². The Hall–Kier alpha value is -1.64. The van der Waals surface area contributed by atoms with Crippen LogP contribution in [0.3, 0.4) is 0 Å². The van der Waals surface area contributed by atoms with Gasteiger partial charge in [-0.05, 0) is 24.8 Å². The molecule has 0 radical (unpaired) electrons. The maximum atomic E-state index is 12.0. The molecule has 6 nitrogen and oxygen atoms in total. The summed E-state index contributed by atoms with van der Waals surface area (Å²) in [5, 5.41) is 23.3. The van der Waals surface area contributed by atoms with Crippen LogP contribution in [-0.4, -0.2) is 41.2 Å². The predicted octanol–water partition coefficient (Wildman–Crippen LogP) is 1.25. The number of nitrogens with one attached hydrogen (secondary N) is 1. The van der Waals surface area contributed by atoms with Crippen LogP contribution in [0, 0.1) is 0 Å². The van der Waals surface area contributed by atoms with E-state index in [9.17, 15) is 14.6 Å². The van der Waals surface area contributed by atoms with Gasteiger partial charge in [-0.25, -0.2) is 0 Å². The zero-order chi connectivity index (χ0) is 16.5. The Kier molecular flexibility index (Phi) is 7.86. The van der Waals surface area contributed by atoms with Gasteiger partial charge >= 0.3 is 13.1 Å². The Bertz CT molecular complexity index is 493. The predicted molar refractivity (Wildman–Crippen MR) is 85.5 cm³/mol. The standard InChI is InChI=1S/C14H20BNO5S/c1-3-5-12(15(20)21-10(2)8-14(18)19)16-13(17)9-11-6-4-7-22-11/h3-4,6-7,10,12,20H,1,5,8-9H2,2H3,(H,16,17)(H,18,19)/t10?,12-/m0/s1. The second-order valence-electron chi connectivity index (χ2n) is 4.89. The molecule has 120 valence electrons. The first-order chi connectivity index (χ1) is 10.4. The smallest absolute Gasteiger partial charge is 0.478 e. The monoisotopic (exact) mass is 325 g/mol. The highest BCUT2D eigenvalue weighted by Crippen LogP contribution is 2.10. The minimum absolute atomic E-state index is 0.221. The fraction of sp³-hybridized carbons (Fsp3) is 0.429. The highest BCUT2D eigenvalue weighted by atomic mass is 32.1. The van der Waals surface area contributed by atoms with Gasteiger partial charge in [0.25, 0.3) is 0 Å². The lowest BCUT2D eigenvalue weighted by Crippen LogP contribution is -2.49. The highest BCUT2D eigenvalue weighted by molar-refractivity contribution is 7.10. The second-order valence-corrected chi connectivity index (χ2v) is 5.92. The lowest BCUT2D eigenvalue weighted by Gasteiger charge is -2.22. The van der Waals surface area contributed by atoms with Gasteiger partial charge < -0.3 is 20.1 Å². The van der Waals surface area contributed by atoms with Crippen molar-refractivity contribution in [3.8, 4) is 0 Å². The fourth-order valence-electron chi connectivity index (χ4n) is 1.88. The molecule has 1 heterocycles. The number of amides is 1. The van der Waals surface area contributed by atoms with Crippen LogP contribution in [-0.2, 0) is 20.7 Å². The number of carboxylic acids is 1. The van der Waals surface area contributed by atoms with Gasteiger partial charge in [0.1, 0.15) is 0 Å². The van der Waals surface area contributed by atoms with Crippen molar-refractivity contribution in [1.82, 2.24) is 5.32 Å². The molecule has 1 amide bonds. The van der Waals surface area contributed by atoms with Crippen LogP contribution in [0.1, 0.15) is 24.6 Å². The van der Waals surface area contributed by atoms with Crippen LogP contribution in [0.5, 0.6) is 0 Å². The molecule has 0 aliphatic carbocycles. The van der Waals surface area contributed by atoms with Gasteiger partial charge in [-0.15, -0.1) is 17.9 Å². The summed E-state index contributed by atoms with van der Waals surface area (Å²) in [5.74, 6) is -1.91. The summed E-state index contributed by atoms with van der Waals surface area (Å²) in [7, 11) is -1.29. The summed E-state index contributed by atoms with van der Waals surface area (Å²) in [6.07, 6.45) is 1.22. The Balaban J connectivity index is 2.53. The Morgan fingerprint density at radius 2 is 2.32 bits per heavy atom. The summed E-state index contributed by atoms with van der Waals surface area (Å²) < 4.78 is 5.23. The summed E-state index contributed by atoms with van der Waals surface area (Å²) in [6.45, 7) is 5.13. The topological polar surface area (TPSA) is 95.9 Å². The van der Waals surface area contributed by atoms with Crippen LogP contribution in [0.2, 0.25) is 0 Å². The van der Waals surface area contributed by atoms with E-state index < -0.39 is 25.1 Å². The molecule has 0 saturated heterocycles. The molecule has 0 spiro atoms. The molecule has 1 unspecified atom stereocenters. The lowest BCUT2D eigenvalue weighted by atomic mass is 9.76. The van der Waals surface area contributed by atoms with E-state index in [0.29, 0.717) is 6.42 Å². The highest BCUT2D eigenvalue weighted by Gasteiger charge is 2.29. The molecule has 0 fully saturated rings. The van der Waals surface area contributed by atoms with Gasteiger partial charge in [0.15, 0.2) is 0 Å². The molecule has 1 aromatic rings. The molecule has 0 saturated carbocycles. The van der Waals surface area contributed by atoms with Crippen LogP contribution < -0.4 is 5.32 Å². The zero-order valence-corrected chi connectivity index (χ0v) is 13.2. The van der Waals surface area contributed by atoms with Gasteiger partial charge in [-0.2, -0.15) is 0 Å². The van der Waals surface area contributed by atoms with E-state index in [1.54, 1.807) is 13.0 Å². The first-order valence-electron chi connectivity index (χ1n) is 6.90. The molecule has 0 aromatic carbocycles. The number of thiophene rings is 1. The Labute approximate surface area is 133 Å². The molecule has 0 bridgehead atoms. The second kappa shape index (κ2) is 9.40. The third-order valence-electron chi connectivity index (χ3n) is 2.86. The van der Waals surface area contributed by atoms with E-state index in [0.717, 1.165) is 4.88 Å². The normalized spacial score (nSPS) is 13.2. The van der Waals surface area contributed by atoms with E-state index >= 15 is 0 Å². The van der Waals surface area contributed by atoms with Crippen molar-refractivity contribution in [1.29, 1.82) is 0 Å². The molecular formula is C14H20BNO5S. The maximum Gasteiger partial charge on any atom is 0.478 e. The summed E-state index contributed by atoms with van der Waals surface area (Å²) in [6, 6.07) is 3.72. The molecule has 3 N–H and O–H groups in total. The molecule has 22 heavy (non-hydrogen) atoms. The van der Waals surface area contributed by atoms with Crippen molar-refractivity contribution in [3.63, 3.8) is 0 Å². The number of rotatable bonds is 10. The van der Waals surface area contributed by atoms with Gasteiger partial charge in [0.05, 0.1) is 24.9 Å². The van der Waals surface area contributed by atoms with Gasteiger partial charge in [-0.1, -0.05) is 12.1 Å². The van der Waals surface area contributed by atoms with Crippen molar-refractivity contribution < 1.29 is 24.4 Å². The maximum absolute atomic E-state index is 12.0. The Morgan fingerprint density at radius 1 is 1.59 bits per heavy atom. The largest absolute Gasteiger partial charge is 0.481 e. The summed E-state index contributed by atoms with van der Waals surface area (Å²) in [4.78, 5) is 23.5. The van der Waals surface area contributed by atoms with Crippen molar-refractivity contribution in [2.24, 2.45) is 0 Å². The fourth-order valence-corrected chi connectivity index (χ4v) is 2.59. The van der Waals surface area contributed by atoms with Gasteiger partial charge in [0, 0.05) is 4.88 Å². The number of hydrogen-bond acceptors (Lipinski definition) is 5. The number of hydrogen-bond donors (Lipinski definition) is 3. The molecule has 0 aliphatic heterocycles. The van der Waals surface area contributed by atoms with Gasteiger partial charge in [-0.3, -0.25) is 9.59 Å². The quantitative estimate of drug-likeness (QED) is 0.444. The van der Waals surface area contributed by atoms with Gasteiger partial charge in [0.2, 0.25) is 5.91 Å². The number of carbonyl (C=O) groups is 2. The minimum atomic E-state index is -1.29. The molecule has 2 atom stereocenters. The van der Waals surface area contributed by atoms with Crippen molar-refractivity contribution in [2.75, 3.05) is 0 Å². The molecule has 0 aliphatic rings. The summed E-state index contributed by atoms with van der Waals surface area (Å²) >= 11 is 1.48. The van der Waals surface area contributed by atoms with E-state index in [1.807, 2.05) is 17.5 Å². The average Bonchev–Trinajstić information content (AvgIpc) is 2.89. The van der Waals surface area contributed by atoms with Crippen molar-refractivity contribution in [2.45, 2.75) is 38.2 Å². The van der Waals surface area contributed by atoms with Crippen LogP contribution in [0.25, 0.3) is 0 Å². The first kappa shape index (κ1) is 18.4. The van der Waals surface area contributed by atoms with Crippen LogP contribution in [0.15, 0.2) is 30.2 Å². The molecule has 1 aromatic heterocycles.